The molecule has 52 valence electrons. The maximum absolute atomic E-state index is 5.41. The minimum absolute atomic E-state index is 0.244. The Kier molecular flexibility index (Phi) is 2.72. The molecule has 0 aliphatic rings. The van der Waals surface area contributed by atoms with Crippen molar-refractivity contribution in [2.24, 2.45) is 0 Å². The highest BCUT2D eigenvalue weighted by Crippen LogP contribution is 2.11. The van der Waals surface area contributed by atoms with E-state index in [1.54, 1.807) is 18.5 Å². The lowest BCUT2D eigenvalue weighted by atomic mass is 10.3. The lowest BCUT2D eigenvalue weighted by Crippen LogP contribution is -1.72. The molecule has 0 saturated carbocycles. The lowest BCUT2D eigenvalue weighted by Gasteiger charge is -1.88. The highest BCUT2D eigenvalue weighted by Gasteiger charge is 1.86. The predicted octanol–water partition coefficient (Wildman–Crippen LogP) is 2.86. The molecule has 1 nitrogen and oxygen atoms in total. The van der Waals surface area contributed by atoms with Crippen LogP contribution < -0.4 is 0 Å². The third-order valence-corrected chi connectivity index (χ3v) is 1.18. The summed E-state index contributed by atoms with van der Waals surface area (Å²) in [6, 6.07) is 3.69. The zero-order valence-corrected chi connectivity index (χ0v) is 6.60. The molecule has 0 radical (unpaired) electrons. The second-order valence-corrected chi connectivity index (χ2v) is 2.73. The average Bonchev–Trinajstić information content (AvgIpc) is 1.88. The monoisotopic (exact) mass is 173 g/mol. The van der Waals surface area contributed by atoms with Gasteiger partial charge in [-0.15, -0.1) is 0 Å². The molecule has 0 aliphatic carbocycles. The van der Waals surface area contributed by atoms with Crippen molar-refractivity contribution < 1.29 is 0 Å². The third kappa shape index (κ3) is 2.38. The molecular formula is C7H5Cl2N. The predicted molar refractivity (Wildman–Crippen MR) is 43.9 cm³/mol. The highest BCUT2D eigenvalue weighted by atomic mass is 35.5. The number of aromatic nitrogens is 1. The van der Waals surface area contributed by atoms with E-state index in [0.717, 1.165) is 5.56 Å². The van der Waals surface area contributed by atoms with Gasteiger partial charge in [0.25, 0.3) is 0 Å². The number of hydrogen-bond acceptors (Lipinski definition) is 1. The second kappa shape index (κ2) is 3.59. The Labute approximate surface area is 69.3 Å². The van der Waals surface area contributed by atoms with Gasteiger partial charge in [0.1, 0.15) is 4.49 Å². The van der Waals surface area contributed by atoms with Gasteiger partial charge in [0.05, 0.1) is 0 Å². The summed E-state index contributed by atoms with van der Waals surface area (Å²) in [5.41, 5.74) is 0.905. The molecule has 1 aromatic rings. The molecule has 0 amide bonds. The topological polar surface area (TPSA) is 12.9 Å². The van der Waals surface area contributed by atoms with E-state index >= 15 is 0 Å². The van der Waals surface area contributed by atoms with Crippen molar-refractivity contribution in [2.75, 3.05) is 0 Å². The van der Waals surface area contributed by atoms with Crippen LogP contribution in [0.3, 0.4) is 0 Å². The zero-order valence-electron chi connectivity index (χ0n) is 5.09. The summed E-state index contributed by atoms with van der Waals surface area (Å²) in [7, 11) is 0. The fraction of sp³-hybridized carbons (Fsp3) is 0. The molecule has 0 N–H and O–H groups in total. The summed E-state index contributed by atoms with van der Waals surface area (Å²) in [4.78, 5) is 3.88. The molecule has 0 unspecified atom stereocenters. The van der Waals surface area contributed by atoms with E-state index in [2.05, 4.69) is 4.98 Å². The summed E-state index contributed by atoms with van der Waals surface area (Å²) in [5, 5.41) is 0. The molecule has 0 aromatic carbocycles. The number of hydrogen-bond donors (Lipinski definition) is 0. The van der Waals surface area contributed by atoms with Crippen LogP contribution in [0.15, 0.2) is 29.0 Å². The molecule has 10 heavy (non-hydrogen) atoms. The molecule has 0 aliphatic heterocycles. The molecule has 1 aromatic heterocycles. The van der Waals surface area contributed by atoms with E-state index in [9.17, 15) is 0 Å². The SMILES string of the molecule is ClC(Cl)=Cc1cccnc1. The Morgan fingerprint density at radius 3 is 2.80 bits per heavy atom. The summed E-state index contributed by atoms with van der Waals surface area (Å²) in [5.74, 6) is 0. The molecule has 0 fully saturated rings. The van der Waals surface area contributed by atoms with E-state index in [4.69, 9.17) is 23.2 Å². The van der Waals surface area contributed by atoms with E-state index in [-0.39, 0.29) is 4.49 Å². The van der Waals surface area contributed by atoms with Gasteiger partial charge in [-0.2, -0.15) is 0 Å². The van der Waals surface area contributed by atoms with Crippen molar-refractivity contribution in [2.45, 2.75) is 0 Å². The first-order valence-electron chi connectivity index (χ1n) is 2.72. The molecule has 1 rings (SSSR count). The summed E-state index contributed by atoms with van der Waals surface area (Å²) in [6.45, 7) is 0. The standard InChI is InChI=1S/C7H5Cl2N/c8-7(9)4-6-2-1-3-10-5-6/h1-5H. The van der Waals surface area contributed by atoms with Crippen molar-refractivity contribution in [3.05, 3.63) is 34.6 Å². The molecular weight excluding hydrogens is 169 g/mol. The van der Waals surface area contributed by atoms with Gasteiger partial charge in [-0.1, -0.05) is 29.3 Å². The van der Waals surface area contributed by atoms with Crippen molar-refractivity contribution in [3.63, 3.8) is 0 Å². The Morgan fingerprint density at radius 1 is 1.50 bits per heavy atom. The van der Waals surface area contributed by atoms with Gasteiger partial charge in [0, 0.05) is 12.4 Å². The van der Waals surface area contributed by atoms with Crippen LogP contribution in [0, 0.1) is 0 Å². The minimum atomic E-state index is 0.244. The molecule has 0 atom stereocenters. The Balaban J connectivity index is 2.87. The summed E-state index contributed by atoms with van der Waals surface area (Å²) < 4.78 is 0.244. The molecule has 1 heterocycles. The van der Waals surface area contributed by atoms with E-state index < -0.39 is 0 Å². The van der Waals surface area contributed by atoms with Gasteiger partial charge in [-0.3, -0.25) is 4.98 Å². The zero-order chi connectivity index (χ0) is 7.40. The Morgan fingerprint density at radius 2 is 2.30 bits per heavy atom. The van der Waals surface area contributed by atoms with Crippen LogP contribution in [0.4, 0.5) is 0 Å². The fourth-order valence-electron chi connectivity index (χ4n) is 0.587. The van der Waals surface area contributed by atoms with E-state index in [1.807, 2.05) is 12.1 Å². The molecule has 0 spiro atoms. The molecule has 0 bridgehead atoms. The fourth-order valence-corrected chi connectivity index (χ4v) is 0.839. The number of nitrogens with zero attached hydrogens (tertiary/aromatic N) is 1. The lowest BCUT2D eigenvalue weighted by molar-refractivity contribution is 1.32. The van der Waals surface area contributed by atoms with Crippen molar-refractivity contribution >= 4 is 29.3 Å². The van der Waals surface area contributed by atoms with Crippen LogP contribution in [0.25, 0.3) is 6.08 Å². The first-order chi connectivity index (χ1) is 4.79. The van der Waals surface area contributed by atoms with E-state index in [0.29, 0.717) is 0 Å². The van der Waals surface area contributed by atoms with Crippen molar-refractivity contribution in [3.8, 4) is 0 Å². The van der Waals surface area contributed by atoms with Gasteiger partial charge >= 0.3 is 0 Å². The van der Waals surface area contributed by atoms with Crippen molar-refractivity contribution in [1.29, 1.82) is 0 Å². The average molecular weight is 174 g/mol. The number of pyridine rings is 1. The third-order valence-electron chi connectivity index (χ3n) is 0.960. The van der Waals surface area contributed by atoms with Gasteiger partial charge < -0.3 is 0 Å². The van der Waals surface area contributed by atoms with Gasteiger partial charge in [0.2, 0.25) is 0 Å². The first kappa shape index (κ1) is 7.58. The normalized spacial score (nSPS) is 9.00. The van der Waals surface area contributed by atoms with Gasteiger partial charge in [0.15, 0.2) is 0 Å². The van der Waals surface area contributed by atoms with Crippen LogP contribution in [0.2, 0.25) is 0 Å². The quantitative estimate of drug-likeness (QED) is 0.637. The minimum Gasteiger partial charge on any atom is -0.264 e. The molecule has 3 heteroatoms. The first-order valence-corrected chi connectivity index (χ1v) is 3.47. The van der Waals surface area contributed by atoms with Gasteiger partial charge in [-0.05, 0) is 17.7 Å². The second-order valence-electron chi connectivity index (χ2n) is 1.72. The summed E-state index contributed by atoms with van der Waals surface area (Å²) in [6.07, 6.45) is 5.01. The molecule has 0 saturated heterocycles. The van der Waals surface area contributed by atoms with Gasteiger partial charge in [-0.25, -0.2) is 0 Å². The number of rotatable bonds is 1. The largest absolute Gasteiger partial charge is 0.264 e. The highest BCUT2D eigenvalue weighted by molar-refractivity contribution is 6.57. The van der Waals surface area contributed by atoms with Crippen LogP contribution in [0.1, 0.15) is 5.56 Å². The maximum Gasteiger partial charge on any atom is 0.107 e. The van der Waals surface area contributed by atoms with Crippen LogP contribution in [-0.2, 0) is 0 Å². The van der Waals surface area contributed by atoms with E-state index in [1.165, 1.54) is 0 Å². The number of halogens is 2. The van der Waals surface area contributed by atoms with Crippen LogP contribution >= 0.6 is 23.2 Å². The smallest absolute Gasteiger partial charge is 0.107 e. The Bertz CT molecular complexity index is 227. The maximum atomic E-state index is 5.41. The summed E-state index contributed by atoms with van der Waals surface area (Å²) >= 11 is 10.8. The van der Waals surface area contributed by atoms with Crippen LogP contribution in [0.5, 0.6) is 0 Å². The Hall–Kier alpha value is -0.530. The van der Waals surface area contributed by atoms with Crippen molar-refractivity contribution in [1.82, 2.24) is 4.98 Å². The van der Waals surface area contributed by atoms with Crippen LogP contribution in [-0.4, -0.2) is 4.98 Å².